The third kappa shape index (κ3) is 5.41. The fourth-order valence-electron chi connectivity index (χ4n) is 3.65. The Morgan fingerprint density at radius 1 is 1.14 bits per heavy atom. The molecule has 0 saturated carbocycles. The molecule has 1 N–H and O–H groups in total. The number of aliphatic hydroxyl groups is 1. The molecule has 6 heteroatoms. The van der Waals surface area contributed by atoms with Gasteiger partial charge in [-0.15, -0.1) is 0 Å². The lowest BCUT2D eigenvalue weighted by Gasteiger charge is -2.28. The Morgan fingerprint density at radius 2 is 1.79 bits per heavy atom. The van der Waals surface area contributed by atoms with Crippen molar-refractivity contribution < 1.29 is 14.7 Å². The summed E-state index contributed by atoms with van der Waals surface area (Å²) in [7, 11) is 0. The summed E-state index contributed by atoms with van der Waals surface area (Å²) in [4.78, 5) is 33.1. The Bertz CT molecular complexity index is 680. The highest BCUT2D eigenvalue weighted by molar-refractivity contribution is 6.07. The molecule has 1 aromatic heterocycles. The Morgan fingerprint density at radius 3 is 2.32 bits per heavy atom. The number of rotatable bonds is 12. The minimum absolute atomic E-state index is 0.150. The van der Waals surface area contributed by atoms with Crippen LogP contribution in [0.1, 0.15) is 64.6 Å². The number of carbonyl (C=O) groups is 2. The first-order valence-electron chi connectivity index (χ1n) is 10.4. The van der Waals surface area contributed by atoms with Crippen molar-refractivity contribution in [2.24, 2.45) is 0 Å². The van der Waals surface area contributed by atoms with Crippen molar-refractivity contribution in [3.8, 4) is 0 Å². The number of pyridine rings is 1. The van der Waals surface area contributed by atoms with Crippen LogP contribution >= 0.6 is 0 Å². The Hall–Kier alpha value is -2.21. The van der Waals surface area contributed by atoms with Crippen LogP contribution in [0.4, 0.5) is 0 Å². The van der Waals surface area contributed by atoms with E-state index in [2.05, 4.69) is 23.7 Å². The lowest BCUT2D eigenvalue weighted by molar-refractivity contribution is -0.129. The van der Waals surface area contributed by atoms with Crippen LogP contribution in [0.2, 0.25) is 0 Å². The first-order chi connectivity index (χ1) is 13.5. The second kappa shape index (κ2) is 11.0. The molecule has 0 saturated heterocycles. The fourth-order valence-corrected chi connectivity index (χ4v) is 3.65. The van der Waals surface area contributed by atoms with Crippen LogP contribution in [0.5, 0.6) is 0 Å². The van der Waals surface area contributed by atoms with Crippen LogP contribution in [-0.4, -0.2) is 57.8 Å². The van der Waals surface area contributed by atoms with Gasteiger partial charge in [0.1, 0.15) is 6.04 Å². The van der Waals surface area contributed by atoms with E-state index in [9.17, 15) is 14.7 Å². The molecule has 0 aromatic carbocycles. The molecule has 28 heavy (non-hydrogen) atoms. The molecule has 0 radical (unpaired) electrons. The van der Waals surface area contributed by atoms with E-state index in [1.807, 2.05) is 6.07 Å². The predicted octanol–water partition coefficient (Wildman–Crippen LogP) is 3.66. The Labute approximate surface area is 168 Å². The third-order valence-corrected chi connectivity index (χ3v) is 5.18. The molecule has 1 aliphatic heterocycles. The van der Waals surface area contributed by atoms with Crippen molar-refractivity contribution >= 4 is 11.7 Å². The maximum Gasteiger partial charge on any atom is 0.290 e. The summed E-state index contributed by atoms with van der Waals surface area (Å²) >= 11 is 0. The maximum atomic E-state index is 12.6. The fraction of sp³-hybridized carbons (Fsp3) is 0.591. The van der Waals surface area contributed by atoms with Gasteiger partial charge in [-0.25, -0.2) is 0 Å². The van der Waals surface area contributed by atoms with E-state index in [0.717, 1.165) is 38.9 Å². The second-order valence-electron chi connectivity index (χ2n) is 7.38. The van der Waals surface area contributed by atoms with E-state index in [0.29, 0.717) is 12.2 Å². The number of amides is 1. The van der Waals surface area contributed by atoms with E-state index in [1.54, 1.807) is 23.2 Å². The normalized spacial score (nSPS) is 17.1. The number of unbranched alkanes of at least 4 members (excludes halogenated alkanes) is 2. The number of hydrogen-bond donors (Lipinski definition) is 1. The van der Waals surface area contributed by atoms with Gasteiger partial charge in [0.05, 0.1) is 11.3 Å². The second-order valence-corrected chi connectivity index (χ2v) is 7.38. The minimum Gasteiger partial charge on any atom is -0.503 e. The van der Waals surface area contributed by atoms with E-state index in [4.69, 9.17) is 0 Å². The van der Waals surface area contributed by atoms with Crippen molar-refractivity contribution in [1.29, 1.82) is 0 Å². The van der Waals surface area contributed by atoms with Gasteiger partial charge in [0.25, 0.3) is 5.91 Å². The molecular formula is C22H33N3O3. The third-order valence-electron chi connectivity index (χ3n) is 5.18. The smallest absolute Gasteiger partial charge is 0.290 e. The largest absolute Gasteiger partial charge is 0.503 e. The van der Waals surface area contributed by atoms with Crippen molar-refractivity contribution in [2.75, 3.05) is 26.2 Å². The Kier molecular flexibility index (Phi) is 8.64. The number of Topliss-reactive ketones (excluding diaryl/α,β-unsaturated/α-hetero) is 1. The van der Waals surface area contributed by atoms with E-state index >= 15 is 0 Å². The van der Waals surface area contributed by atoms with E-state index < -0.39 is 17.7 Å². The molecular weight excluding hydrogens is 354 g/mol. The SMILES string of the molecule is CCCCN(CCCC)CCCN1C(=O)C(O)=C(C(C)=O)[C@@H]1c1ccccn1. The van der Waals surface area contributed by atoms with Gasteiger partial charge in [-0.05, 0) is 58.0 Å². The Balaban J connectivity index is 2.10. The average Bonchev–Trinajstić information content (AvgIpc) is 2.95. The quantitative estimate of drug-likeness (QED) is 0.592. The zero-order valence-corrected chi connectivity index (χ0v) is 17.4. The summed E-state index contributed by atoms with van der Waals surface area (Å²) in [5.74, 6) is -1.21. The number of aromatic nitrogens is 1. The van der Waals surface area contributed by atoms with Crippen molar-refractivity contribution in [3.05, 3.63) is 41.4 Å². The molecule has 0 spiro atoms. The monoisotopic (exact) mass is 387 g/mol. The van der Waals surface area contributed by atoms with Crippen LogP contribution in [0.25, 0.3) is 0 Å². The highest BCUT2D eigenvalue weighted by Gasteiger charge is 2.42. The minimum atomic E-state index is -0.606. The number of carbonyl (C=O) groups excluding carboxylic acids is 2. The van der Waals surface area contributed by atoms with Crippen molar-refractivity contribution in [3.63, 3.8) is 0 Å². The van der Waals surface area contributed by atoms with Gasteiger partial charge in [-0.3, -0.25) is 14.6 Å². The summed E-state index contributed by atoms with van der Waals surface area (Å²) in [5.41, 5.74) is 0.761. The molecule has 6 nitrogen and oxygen atoms in total. The van der Waals surface area contributed by atoms with Gasteiger partial charge >= 0.3 is 0 Å². The molecule has 1 atom stereocenters. The number of ketones is 1. The average molecular weight is 388 g/mol. The molecule has 0 aliphatic carbocycles. The van der Waals surface area contributed by atoms with Crippen LogP contribution in [0.15, 0.2) is 35.7 Å². The lowest BCUT2D eigenvalue weighted by Crippen LogP contribution is -2.35. The zero-order chi connectivity index (χ0) is 20.5. The first-order valence-corrected chi connectivity index (χ1v) is 10.4. The van der Waals surface area contributed by atoms with Gasteiger partial charge in [-0.1, -0.05) is 32.8 Å². The molecule has 0 unspecified atom stereocenters. The number of aliphatic hydroxyl groups excluding tert-OH is 1. The molecule has 2 heterocycles. The highest BCUT2D eigenvalue weighted by Crippen LogP contribution is 2.36. The van der Waals surface area contributed by atoms with Crippen LogP contribution in [0.3, 0.4) is 0 Å². The molecule has 0 fully saturated rings. The summed E-state index contributed by atoms with van der Waals surface area (Å²) < 4.78 is 0. The topological polar surface area (TPSA) is 73.7 Å². The van der Waals surface area contributed by atoms with Crippen molar-refractivity contribution in [2.45, 2.75) is 58.9 Å². The number of nitrogens with zero attached hydrogens (tertiary/aromatic N) is 3. The molecule has 1 amide bonds. The first kappa shape index (κ1) is 22.1. The molecule has 2 rings (SSSR count). The van der Waals surface area contributed by atoms with Gasteiger partial charge in [-0.2, -0.15) is 0 Å². The summed E-state index contributed by atoms with van der Waals surface area (Å²) in [5, 5.41) is 10.3. The summed E-state index contributed by atoms with van der Waals surface area (Å²) in [6.07, 6.45) is 7.09. The standard InChI is InChI=1S/C22H33N3O3/c1-4-6-13-24(14-7-5-2)15-10-16-25-20(18-11-8-9-12-23-18)19(17(3)26)21(27)22(25)28/h8-9,11-12,20,27H,4-7,10,13-16H2,1-3H3/t20-/m0/s1. The number of hydrogen-bond acceptors (Lipinski definition) is 5. The van der Waals surface area contributed by atoms with Crippen molar-refractivity contribution in [1.82, 2.24) is 14.8 Å². The van der Waals surface area contributed by atoms with Crippen LogP contribution in [0, 0.1) is 0 Å². The summed E-state index contributed by atoms with van der Waals surface area (Å²) in [6.45, 7) is 9.28. The molecule has 154 valence electrons. The van der Waals surface area contributed by atoms with Gasteiger partial charge in [0.2, 0.25) is 0 Å². The van der Waals surface area contributed by atoms with Crippen LogP contribution in [-0.2, 0) is 9.59 Å². The van der Waals surface area contributed by atoms with E-state index in [-0.39, 0.29) is 11.4 Å². The highest BCUT2D eigenvalue weighted by atomic mass is 16.3. The maximum absolute atomic E-state index is 12.6. The molecule has 1 aromatic rings. The lowest BCUT2D eigenvalue weighted by atomic mass is 10.0. The predicted molar refractivity (Wildman–Crippen MR) is 110 cm³/mol. The van der Waals surface area contributed by atoms with E-state index in [1.165, 1.54) is 19.8 Å². The zero-order valence-electron chi connectivity index (χ0n) is 17.4. The summed E-state index contributed by atoms with van der Waals surface area (Å²) in [6, 6.07) is 4.81. The van der Waals surface area contributed by atoms with Gasteiger partial charge in [0, 0.05) is 12.7 Å². The van der Waals surface area contributed by atoms with Gasteiger partial charge < -0.3 is 14.9 Å². The molecule has 1 aliphatic rings. The molecule has 0 bridgehead atoms. The van der Waals surface area contributed by atoms with Gasteiger partial charge in [0.15, 0.2) is 11.5 Å². The van der Waals surface area contributed by atoms with Crippen LogP contribution < -0.4 is 0 Å².